The maximum atomic E-state index is 11.8. The number of hydrogen-bond acceptors (Lipinski definition) is 2. The lowest BCUT2D eigenvalue weighted by Gasteiger charge is -2.06. The Labute approximate surface area is 138 Å². The first kappa shape index (κ1) is 16.3. The lowest BCUT2D eigenvalue weighted by Crippen LogP contribution is -2.24. The molecule has 1 aliphatic rings. The second kappa shape index (κ2) is 5.96. The van der Waals surface area contributed by atoms with E-state index in [4.69, 9.17) is 23.1 Å². The zero-order valence-electron chi connectivity index (χ0n) is 11.3. The molecule has 0 saturated heterocycles. The Morgan fingerprint density at radius 3 is 2.59 bits per heavy atom. The van der Waals surface area contributed by atoms with E-state index in [-0.39, 0.29) is 18.4 Å². The van der Waals surface area contributed by atoms with E-state index in [1.165, 1.54) is 0 Å². The van der Waals surface area contributed by atoms with Crippen LogP contribution in [0.3, 0.4) is 0 Å². The monoisotopic (exact) mass is 337 g/mol. The van der Waals surface area contributed by atoms with Crippen LogP contribution in [-0.2, 0) is 0 Å². The number of carbonyl (C=O) groups excluding carboxylic acids is 1. The molecular formula is C15H13Cl2N3O2. The van der Waals surface area contributed by atoms with Crippen molar-refractivity contribution in [3.63, 3.8) is 0 Å². The molecular weight excluding hydrogens is 325 g/mol. The summed E-state index contributed by atoms with van der Waals surface area (Å²) in [6.45, 7) is 0. The van der Waals surface area contributed by atoms with Gasteiger partial charge in [0, 0.05) is 16.1 Å². The van der Waals surface area contributed by atoms with Crippen molar-refractivity contribution in [3.8, 4) is 11.1 Å². The number of nitrogens with two attached hydrogens (primary N) is 2. The topological polar surface area (TPSA) is 102 Å². The lowest BCUT2D eigenvalue weighted by molar-refractivity contribution is 0.100. The highest BCUT2D eigenvalue weighted by Gasteiger charge is 2.29. The van der Waals surface area contributed by atoms with Gasteiger partial charge in [0.15, 0.2) is 5.96 Å². The Morgan fingerprint density at radius 2 is 1.91 bits per heavy atom. The number of aliphatic imine (C=N–C) groups is 1. The van der Waals surface area contributed by atoms with Gasteiger partial charge in [-0.2, -0.15) is 4.99 Å². The van der Waals surface area contributed by atoms with Crippen molar-refractivity contribution in [2.24, 2.45) is 16.5 Å². The standard InChI is InChI=1S/C15H12ClN3O2.ClH/c16-11-3-1-2-9-12(11)8-5-4-7(6-10(8)13(9)20)14(21)19-15(17)18;/h1-6,13,20H,(H4,17,18,19,21);1H. The second-order valence-electron chi connectivity index (χ2n) is 4.75. The molecule has 1 amide bonds. The van der Waals surface area contributed by atoms with Crippen molar-refractivity contribution in [3.05, 3.63) is 58.1 Å². The van der Waals surface area contributed by atoms with E-state index in [2.05, 4.69) is 4.99 Å². The Bertz CT molecular complexity index is 786. The number of nitrogens with zero attached hydrogens (tertiary/aromatic N) is 1. The average molecular weight is 338 g/mol. The van der Waals surface area contributed by atoms with Gasteiger partial charge in [0.2, 0.25) is 0 Å². The molecule has 7 heteroatoms. The van der Waals surface area contributed by atoms with Crippen LogP contribution in [0.5, 0.6) is 0 Å². The lowest BCUT2D eigenvalue weighted by atomic mass is 10.0. The van der Waals surface area contributed by atoms with Crippen LogP contribution in [0.25, 0.3) is 11.1 Å². The van der Waals surface area contributed by atoms with Crippen LogP contribution in [0.4, 0.5) is 0 Å². The van der Waals surface area contributed by atoms with E-state index in [0.29, 0.717) is 16.1 Å². The quantitative estimate of drug-likeness (QED) is 0.548. The number of benzene rings is 2. The fourth-order valence-electron chi connectivity index (χ4n) is 2.55. The number of fused-ring (bicyclic) bond motifs is 3. The van der Waals surface area contributed by atoms with Crippen LogP contribution in [0.2, 0.25) is 5.02 Å². The molecule has 0 saturated carbocycles. The number of rotatable bonds is 1. The van der Waals surface area contributed by atoms with Gasteiger partial charge in [-0.25, -0.2) is 0 Å². The third kappa shape index (κ3) is 2.54. The van der Waals surface area contributed by atoms with Crippen molar-refractivity contribution in [1.82, 2.24) is 0 Å². The normalized spacial score (nSPS) is 14.5. The Balaban J connectivity index is 0.00000176. The van der Waals surface area contributed by atoms with Gasteiger partial charge in [0.05, 0.1) is 0 Å². The van der Waals surface area contributed by atoms with Gasteiger partial charge in [-0.1, -0.05) is 29.8 Å². The van der Waals surface area contributed by atoms with E-state index in [1.54, 1.807) is 30.3 Å². The summed E-state index contributed by atoms with van der Waals surface area (Å²) in [6.07, 6.45) is -0.819. The number of carbonyl (C=O) groups is 1. The zero-order chi connectivity index (χ0) is 15.1. The number of halogens is 2. The number of aliphatic hydroxyl groups excluding tert-OH is 1. The van der Waals surface area contributed by atoms with Crippen molar-refractivity contribution in [2.75, 3.05) is 0 Å². The number of amides is 1. The van der Waals surface area contributed by atoms with Crippen molar-refractivity contribution < 1.29 is 9.90 Å². The molecule has 114 valence electrons. The van der Waals surface area contributed by atoms with Crippen LogP contribution < -0.4 is 11.5 Å². The molecule has 3 rings (SSSR count). The van der Waals surface area contributed by atoms with Crippen molar-refractivity contribution >= 4 is 35.9 Å². The van der Waals surface area contributed by atoms with E-state index in [9.17, 15) is 9.90 Å². The molecule has 1 atom stereocenters. The minimum Gasteiger partial charge on any atom is -0.384 e. The van der Waals surface area contributed by atoms with Gasteiger partial charge in [-0.05, 0) is 34.9 Å². The third-order valence-electron chi connectivity index (χ3n) is 3.43. The molecule has 0 heterocycles. The number of guanidine groups is 1. The molecule has 0 radical (unpaired) electrons. The van der Waals surface area contributed by atoms with Gasteiger partial charge in [0.25, 0.3) is 5.91 Å². The molecule has 5 nitrogen and oxygen atoms in total. The summed E-state index contributed by atoms with van der Waals surface area (Å²) >= 11 is 6.20. The minimum atomic E-state index is -0.819. The Kier molecular flexibility index (Phi) is 4.42. The fraction of sp³-hybridized carbons (Fsp3) is 0.0667. The van der Waals surface area contributed by atoms with E-state index in [1.807, 2.05) is 6.07 Å². The highest BCUT2D eigenvalue weighted by atomic mass is 35.5. The molecule has 1 unspecified atom stereocenters. The molecule has 0 spiro atoms. The molecule has 0 aliphatic heterocycles. The van der Waals surface area contributed by atoms with Crippen molar-refractivity contribution in [1.29, 1.82) is 0 Å². The van der Waals surface area contributed by atoms with Gasteiger partial charge < -0.3 is 16.6 Å². The summed E-state index contributed by atoms with van der Waals surface area (Å²) in [6, 6.07) is 10.3. The van der Waals surface area contributed by atoms with Gasteiger partial charge in [-0.15, -0.1) is 12.4 Å². The smallest absolute Gasteiger partial charge is 0.280 e. The van der Waals surface area contributed by atoms with Crippen LogP contribution in [0.15, 0.2) is 41.4 Å². The maximum Gasteiger partial charge on any atom is 0.280 e. The summed E-state index contributed by atoms with van der Waals surface area (Å²) in [5.41, 5.74) is 13.7. The molecule has 0 bridgehead atoms. The van der Waals surface area contributed by atoms with Crippen LogP contribution >= 0.6 is 24.0 Å². The highest BCUT2D eigenvalue weighted by molar-refractivity contribution is 6.33. The first-order chi connectivity index (χ1) is 9.99. The maximum absolute atomic E-state index is 11.8. The van der Waals surface area contributed by atoms with Crippen LogP contribution in [0.1, 0.15) is 27.6 Å². The minimum absolute atomic E-state index is 0. The van der Waals surface area contributed by atoms with Gasteiger partial charge in [-0.3, -0.25) is 4.79 Å². The van der Waals surface area contributed by atoms with E-state index >= 15 is 0 Å². The predicted molar refractivity (Wildman–Crippen MR) is 88.3 cm³/mol. The highest BCUT2D eigenvalue weighted by Crippen LogP contribution is 2.46. The number of hydrogen-bond donors (Lipinski definition) is 3. The summed E-state index contributed by atoms with van der Waals surface area (Å²) in [5.74, 6) is -0.848. The molecule has 2 aromatic rings. The van der Waals surface area contributed by atoms with E-state index in [0.717, 1.165) is 16.7 Å². The first-order valence-corrected chi connectivity index (χ1v) is 6.61. The first-order valence-electron chi connectivity index (χ1n) is 6.24. The van der Waals surface area contributed by atoms with Crippen LogP contribution in [-0.4, -0.2) is 17.0 Å². The Hall–Kier alpha value is -2.08. The number of aliphatic hydroxyl groups is 1. The summed E-state index contributed by atoms with van der Waals surface area (Å²) in [4.78, 5) is 15.3. The molecule has 1 aliphatic carbocycles. The summed E-state index contributed by atoms with van der Waals surface area (Å²) in [5, 5.41) is 11.0. The van der Waals surface area contributed by atoms with Gasteiger partial charge >= 0.3 is 0 Å². The summed E-state index contributed by atoms with van der Waals surface area (Å²) < 4.78 is 0. The third-order valence-corrected chi connectivity index (χ3v) is 3.75. The summed E-state index contributed by atoms with van der Waals surface area (Å²) in [7, 11) is 0. The molecule has 2 aromatic carbocycles. The average Bonchev–Trinajstić information content (AvgIpc) is 2.72. The van der Waals surface area contributed by atoms with Crippen LogP contribution in [0, 0.1) is 0 Å². The Morgan fingerprint density at radius 1 is 1.18 bits per heavy atom. The SMILES string of the molecule is Cl.NC(N)=NC(=O)c1ccc2c(c1)C(O)c1cccc(Cl)c1-2. The molecule has 5 N–H and O–H groups in total. The largest absolute Gasteiger partial charge is 0.384 e. The van der Waals surface area contributed by atoms with Gasteiger partial charge in [0.1, 0.15) is 6.10 Å². The zero-order valence-corrected chi connectivity index (χ0v) is 12.9. The predicted octanol–water partition coefficient (Wildman–Crippen LogP) is 2.24. The molecule has 0 fully saturated rings. The second-order valence-corrected chi connectivity index (χ2v) is 5.16. The molecule has 0 aromatic heterocycles. The molecule has 22 heavy (non-hydrogen) atoms. The van der Waals surface area contributed by atoms with Crippen molar-refractivity contribution in [2.45, 2.75) is 6.10 Å². The fourth-order valence-corrected chi connectivity index (χ4v) is 2.84. The van der Waals surface area contributed by atoms with E-state index < -0.39 is 12.0 Å².